The van der Waals surface area contributed by atoms with Crippen LogP contribution in [0, 0.1) is 5.82 Å². The summed E-state index contributed by atoms with van der Waals surface area (Å²) in [7, 11) is -8.10. The van der Waals surface area contributed by atoms with E-state index in [2.05, 4.69) is 0 Å². The van der Waals surface area contributed by atoms with Crippen molar-refractivity contribution in [3.05, 3.63) is 30.1 Å². The number of aliphatic hydroxyl groups is 1. The highest BCUT2D eigenvalue weighted by Gasteiger charge is 2.45. The molecule has 1 saturated heterocycles. The van der Waals surface area contributed by atoms with Gasteiger partial charge in [-0.2, -0.15) is 4.31 Å². The number of sulfonamides is 1. The third kappa shape index (κ3) is 3.86. The minimum absolute atomic E-state index is 0.392. The summed E-state index contributed by atoms with van der Waals surface area (Å²) in [6.07, 6.45) is -1.53. The summed E-state index contributed by atoms with van der Waals surface area (Å²) in [6, 6.07) is 2.23. The fourth-order valence-electron chi connectivity index (χ4n) is 2.34. The first kappa shape index (κ1) is 17.8. The molecule has 11 heteroatoms. The van der Waals surface area contributed by atoms with Gasteiger partial charge in [0.1, 0.15) is 12.4 Å². The lowest BCUT2D eigenvalue weighted by Gasteiger charge is -2.27. The first-order valence-corrected chi connectivity index (χ1v) is 9.67. The van der Waals surface area contributed by atoms with Crippen LogP contribution in [0.25, 0.3) is 0 Å². The lowest BCUT2D eigenvalue weighted by molar-refractivity contribution is -0.137. The fourth-order valence-corrected chi connectivity index (χ4v) is 5.84. The first-order valence-electron chi connectivity index (χ1n) is 6.40. The fraction of sp³-hybridized carbons (Fsp3) is 0.417. The van der Waals surface area contributed by atoms with E-state index in [1.54, 1.807) is 0 Å². The number of aliphatic carboxylic acids is 1. The van der Waals surface area contributed by atoms with Gasteiger partial charge in [0.2, 0.25) is 10.0 Å². The summed E-state index contributed by atoms with van der Waals surface area (Å²) in [6.45, 7) is -1.02. The Labute approximate surface area is 132 Å². The molecule has 1 fully saturated rings. The molecule has 0 spiro atoms. The molecule has 0 saturated carbocycles. The average Bonchev–Trinajstić information content (AvgIpc) is 2.69. The largest absolute Gasteiger partial charge is 0.480 e. The van der Waals surface area contributed by atoms with Crippen molar-refractivity contribution >= 4 is 25.8 Å². The molecule has 0 aromatic heterocycles. The van der Waals surface area contributed by atoms with Gasteiger partial charge in [-0.3, -0.25) is 4.79 Å². The van der Waals surface area contributed by atoms with Crippen molar-refractivity contribution in [3.63, 3.8) is 0 Å². The summed E-state index contributed by atoms with van der Waals surface area (Å²) in [5.74, 6) is -3.52. The van der Waals surface area contributed by atoms with Gasteiger partial charge in [-0.15, -0.1) is 0 Å². The maximum Gasteiger partial charge on any atom is 0.318 e. The third-order valence-corrected chi connectivity index (χ3v) is 6.96. The number of halogens is 1. The number of carbonyl (C=O) groups is 1. The highest BCUT2D eigenvalue weighted by Crippen LogP contribution is 2.25. The summed E-state index contributed by atoms with van der Waals surface area (Å²) in [5, 5.41) is 18.7. The zero-order valence-electron chi connectivity index (χ0n) is 11.7. The molecule has 1 aromatic rings. The maximum absolute atomic E-state index is 12.9. The van der Waals surface area contributed by atoms with Crippen LogP contribution < -0.4 is 0 Å². The Morgan fingerprint density at radius 3 is 2.26 bits per heavy atom. The summed E-state index contributed by atoms with van der Waals surface area (Å²) in [4.78, 5) is 10.6. The molecule has 0 unspecified atom stereocenters. The van der Waals surface area contributed by atoms with E-state index in [1.165, 1.54) is 0 Å². The minimum atomic E-state index is -4.42. The molecule has 0 bridgehead atoms. The Kier molecular flexibility index (Phi) is 4.76. The predicted octanol–water partition coefficient (Wildman–Crippen LogP) is -0.941. The van der Waals surface area contributed by atoms with Gasteiger partial charge >= 0.3 is 5.97 Å². The Bertz CT molecular complexity index is 804. The van der Waals surface area contributed by atoms with Gasteiger partial charge in [0.15, 0.2) is 9.84 Å². The van der Waals surface area contributed by atoms with E-state index in [0.29, 0.717) is 4.31 Å². The SMILES string of the molecule is O=C(O)CN([C@@H]1CS(=O)(=O)C[C@@H]1O)S(=O)(=O)c1ccc(F)cc1. The van der Waals surface area contributed by atoms with Crippen molar-refractivity contribution in [3.8, 4) is 0 Å². The molecule has 0 amide bonds. The van der Waals surface area contributed by atoms with Crippen LogP contribution in [0.5, 0.6) is 0 Å². The molecule has 8 nitrogen and oxygen atoms in total. The smallest absolute Gasteiger partial charge is 0.318 e. The zero-order chi connectivity index (χ0) is 17.4. The highest BCUT2D eigenvalue weighted by atomic mass is 32.2. The van der Waals surface area contributed by atoms with Crippen molar-refractivity contribution in [2.45, 2.75) is 17.0 Å². The van der Waals surface area contributed by atoms with Crippen LogP contribution in [0.2, 0.25) is 0 Å². The lowest BCUT2D eigenvalue weighted by Crippen LogP contribution is -2.48. The normalized spacial score (nSPS) is 24.0. The molecule has 2 rings (SSSR count). The van der Waals surface area contributed by atoms with Crippen LogP contribution >= 0.6 is 0 Å². The Balaban J connectivity index is 2.46. The summed E-state index contributed by atoms with van der Waals surface area (Å²) < 4.78 is 61.6. The van der Waals surface area contributed by atoms with E-state index >= 15 is 0 Å². The topological polar surface area (TPSA) is 129 Å². The number of carboxylic acid groups (broad SMARTS) is 1. The van der Waals surface area contributed by atoms with Gasteiger partial charge in [-0.1, -0.05) is 0 Å². The molecule has 1 aromatic carbocycles. The van der Waals surface area contributed by atoms with Gasteiger partial charge in [0, 0.05) is 0 Å². The van der Waals surface area contributed by atoms with E-state index in [-0.39, 0.29) is 0 Å². The third-order valence-electron chi connectivity index (χ3n) is 3.37. The van der Waals surface area contributed by atoms with Crippen molar-refractivity contribution < 1.29 is 36.2 Å². The Morgan fingerprint density at radius 1 is 1.26 bits per heavy atom. The number of benzene rings is 1. The lowest BCUT2D eigenvalue weighted by atomic mass is 10.2. The summed E-state index contributed by atoms with van der Waals surface area (Å²) in [5.41, 5.74) is 0. The molecule has 2 atom stereocenters. The van der Waals surface area contributed by atoms with Gasteiger partial charge in [-0.05, 0) is 24.3 Å². The molecule has 1 aliphatic heterocycles. The van der Waals surface area contributed by atoms with E-state index < -0.39 is 66.7 Å². The minimum Gasteiger partial charge on any atom is -0.480 e. The number of carboxylic acids is 1. The van der Waals surface area contributed by atoms with Gasteiger partial charge in [0.25, 0.3) is 0 Å². The van der Waals surface area contributed by atoms with Crippen LogP contribution in [0.1, 0.15) is 0 Å². The maximum atomic E-state index is 12.9. The van der Waals surface area contributed by atoms with Gasteiger partial charge in [0.05, 0.1) is 28.5 Å². The van der Waals surface area contributed by atoms with Gasteiger partial charge in [-0.25, -0.2) is 21.2 Å². The number of hydrogen-bond acceptors (Lipinski definition) is 6. The van der Waals surface area contributed by atoms with Crippen molar-refractivity contribution in [2.24, 2.45) is 0 Å². The molecular weight excluding hydrogens is 353 g/mol. The van der Waals surface area contributed by atoms with Crippen LogP contribution in [0.4, 0.5) is 4.39 Å². The van der Waals surface area contributed by atoms with Crippen molar-refractivity contribution in [2.75, 3.05) is 18.1 Å². The number of nitrogens with zero attached hydrogens (tertiary/aromatic N) is 1. The second-order valence-corrected chi connectivity index (χ2v) is 9.15. The highest BCUT2D eigenvalue weighted by molar-refractivity contribution is 7.92. The molecule has 1 aliphatic rings. The number of hydrogen-bond donors (Lipinski definition) is 2. The van der Waals surface area contributed by atoms with Crippen LogP contribution in [-0.4, -0.2) is 67.5 Å². The Morgan fingerprint density at radius 2 is 1.83 bits per heavy atom. The Hall–Kier alpha value is -1.56. The molecule has 128 valence electrons. The quantitative estimate of drug-likeness (QED) is 0.687. The van der Waals surface area contributed by atoms with E-state index in [1.807, 2.05) is 0 Å². The average molecular weight is 367 g/mol. The number of aliphatic hydroxyl groups excluding tert-OH is 1. The van der Waals surface area contributed by atoms with E-state index in [4.69, 9.17) is 5.11 Å². The molecule has 2 N–H and O–H groups in total. The molecule has 1 heterocycles. The van der Waals surface area contributed by atoms with Crippen LogP contribution in [0.15, 0.2) is 29.2 Å². The second-order valence-electron chi connectivity index (χ2n) is 5.11. The number of sulfone groups is 1. The van der Waals surface area contributed by atoms with Gasteiger partial charge < -0.3 is 10.2 Å². The number of rotatable bonds is 5. The van der Waals surface area contributed by atoms with Crippen LogP contribution in [-0.2, 0) is 24.7 Å². The standard InChI is InChI=1S/C12H14FNO7S2/c13-8-1-3-9(4-2-8)23(20,21)14(5-12(16)17)10-6-22(18,19)7-11(10)15/h1-4,10-11,15H,5-7H2,(H,16,17)/t10-,11+/m1/s1. The second kappa shape index (κ2) is 6.15. The first-order chi connectivity index (χ1) is 10.5. The summed E-state index contributed by atoms with van der Waals surface area (Å²) >= 11 is 0. The predicted molar refractivity (Wildman–Crippen MR) is 76.4 cm³/mol. The van der Waals surface area contributed by atoms with E-state index in [9.17, 15) is 31.1 Å². The van der Waals surface area contributed by atoms with E-state index in [0.717, 1.165) is 24.3 Å². The molecule has 23 heavy (non-hydrogen) atoms. The molecule has 0 radical (unpaired) electrons. The van der Waals surface area contributed by atoms with Crippen molar-refractivity contribution in [1.29, 1.82) is 0 Å². The zero-order valence-corrected chi connectivity index (χ0v) is 13.3. The molecular formula is C12H14FNO7S2. The van der Waals surface area contributed by atoms with Crippen molar-refractivity contribution in [1.82, 2.24) is 4.31 Å². The monoisotopic (exact) mass is 367 g/mol. The van der Waals surface area contributed by atoms with Crippen LogP contribution in [0.3, 0.4) is 0 Å². The molecule has 0 aliphatic carbocycles.